The smallest absolute Gasteiger partial charge is 0.193 e. The maximum Gasteiger partial charge on any atom is 0.193 e. The second kappa shape index (κ2) is 5.80. The molecule has 1 aromatic heterocycles. The Labute approximate surface area is 109 Å². The molecule has 0 aliphatic rings. The van der Waals surface area contributed by atoms with E-state index in [-0.39, 0.29) is 30.1 Å². The van der Waals surface area contributed by atoms with E-state index in [0.29, 0.717) is 11.5 Å². The topological polar surface area (TPSA) is 62.8 Å². The Morgan fingerprint density at radius 2 is 2.00 bits per heavy atom. The van der Waals surface area contributed by atoms with Crippen molar-refractivity contribution in [1.29, 1.82) is 0 Å². The molecule has 1 heterocycles. The van der Waals surface area contributed by atoms with E-state index in [4.69, 9.17) is 20.8 Å². The average molecular weight is 269 g/mol. The van der Waals surface area contributed by atoms with Gasteiger partial charge < -0.3 is 19.4 Å². The van der Waals surface area contributed by atoms with E-state index in [2.05, 4.69) is 0 Å². The van der Waals surface area contributed by atoms with E-state index in [1.807, 2.05) is 0 Å². The summed E-state index contributed by atoms with van der Waals surface area (Å²) in [6, 6.07) is 9.95. The highest BCUT2D eigenvalue weighted by Crippen LogP contribution is 2.27. The lowest BCUT2D eigenvalue weighted by Gasteiger charge is -2.13. The molecule has 0 aliphatic heterocycles. The molecule has 1 unspecified atom stereocenters. The number of furan rings is 1. The minimum atomic E-state index is -0.322. The molecule has 0 amide bonds. The van der Waals surface area contributed by atoms with Crippen LogP contribution in [-0.4, -0.2) is 23.4 Å². The molecule has 0 fully saturated rings. The van der Waals surface area contributed by atoms with Crippen LogP contribution in [0.5, 0.6) is 11.5 Å². The fraction of sp³-hybridized carbons (Fsp3) is 0.231. The van der Waals surface area contributed by atoms with Gasteiger partial charge in [-0.25, -0.2) is 0 Å². The van der Waals surface area contributed by atoms with Gasteiger partial charge in [-0.3, -0.25) is 0 Å². The number of rotatable bonds is 5. The molecule has 2 aromatic rings. The summed E-state index contributed by atoms with van der Waals surface area (Å²) < 4.78 is 10.7. The predicted octanol–water partition coefficient (Wildman–Crippen LogP) is 2.79. The number of halogens is 1. The molecule has 0 bridgehead atoms. The van der Waals surface area contributed by atoms with Crippen molar-refractivity contribution in [2.24, 2.45) is 0 Å². The number of phenolic OH excluding ortho intramolecular Hbond substituents is 1. The number of benzene rings is 1. The molecule has 2 rings (SSSR count). The van der Waals surface area contributed by atoms with Crippen LogP contribution < -0.4 is 4.74 Å². The second-order valence-corrected chi connectivity index (χ2v) is 4.17. The number of ether oxygens (including phenoxy) is 1. The van der Waals surface area contributed by atoms with Crippen molar-refractivity contribution in [3.05, 3.63) is 47.4 Å². The minimum absolute atomic E-state index is 0.0617. The molecule has 0 saturated heterocycles. The number of hydrogen-bond donors (Lipinski definition) is 2. The summed E-state index contributed by atoms with van der Waals surface area (Å²) in [5.41, 5.74) is 0. The second-order valence-electron chi connectivity index (χ2n) is 3.80. The summed E-state index contributed by atoms with van der Waals surface area (Å²) in [7, 11) is 0. The van der Waals surface area contributed by atoms with Crippen molar-refractivity contribution in [2.75, 3.05) is 13.2 Å². The zero-order valence-electron chi connectivity index (χ0n) is 9.54. The van der Waals surface area contributed by atoms with Gasteiger partial charge in [0.05, 0.1) is 12.5 Å². The summed E-state index contributed by atoms with van der Waals surface area (Å²) >= 11 is 5.67. The van der Waals surface area contributed by atoms with Crippen LogP contribution in [0.1, 0.15) is 11.7 Å². The van der Waals surface area contributed by atoms with Crippen LogP contribution >= 0.6 is 11.6 Å². The van der Waals surface area contributed by atoms with Gasteiger partial charge in [0, 0.05) is 0 Å². The maximum atomic E-state index is 9.54. The van der Waals surface area contributed by atoms with Gasteiger partial charge in [0.1, 0.15) is 12.4 Å². The van der Waals surface area contributed by atoms with Gasteiger partial charge in [0.15, 0.2) is 16.7 Å². The van der Waals surface area contributed by atoms with Crippen LogP contribution in [0, 0.1) is 0 Å². The summed E-state index contributed by atoms with van der Waals surface area (Å²) in [6.07, 6.45) is 0. The van der Waals surface area contributed by atoms with Crippen molar-refractivity contribution in [3.8, 4) is 11.5 Å². The third-order valence-corrected chi connectivity index (χ3v) is 2.73. The number of para-hydroxylation sites is 2. The molecule has 0 aliphatic carbocycles. The van der Waals surface area contributed by atoms with Crippen LogP contribution in [0.4, 0.5) is 0 Å². The highest BCUT2D eigenvalue weighted by molar-refractivity contribution is 6.28. The lowest BCUT2D eigenvalue weighted by molar-refractivity contribution is 0.187. The van der Waals surface area contributed by atoms with Crippen molar-refractivity contribution in [2.45, 2.75) is 5.92 Å². The molecule has 0 radical (unpaired) electrons. The van der Waals surface area contributed by atoms with Crippen molar-refractivity contribution in [3.63, 3.8) is 0 Å². The van der Waals surface area contributed by atoms with Gasteiger partial charge in [-0.05, 0) is 35.9 Å². The normalized spacial score (nSPS) is 12.3. The van der Waals surface area contributed by atoms with Crippen molar-refractivity contribution >= 4 is 11.6 Å². The predicted molar refractivity (Wildman–Crippen MR) is 67.1 cm³/mol. The Kier molecular flexibility index (Phi) is 4.12. The van der Waals surface area contributed by atoms with Gasteiger partial charge in [-0.2, -0.15) is 0 Å². The SMILES string of the molecule is OCC(COc1ccccc1O)c1ccc(Cl)o1. The number of aliphatic hydroxyl groups is 1. The fourth-order valence-corrected chi connectivity index (χ4v) is 1.69. The molecule has 0 spiro atoms. The molecule has 1 atom stereocenters. The number of aromatic hydroxyl groups is 1. The Hall–Kier alpha value is -1.65. The van der Waals surface area contributed by atoms with Crippen LogP contribution in [0.3, 0.4) is 0 Å². The largest absolute Gasteiger partial charge is 0.504 e. The molecule has 18 heavy (non-hydrogen) atoms. The van der Waals surface area contributed by atoms with E-state index >= 15 is 0 Å². The highest BCUT2D eigenvalue weighted by Gasteiger charge is 2.16. The molecule has 2 N–H and O–H groups in total. The lowest BCUT2D eigenvalue weighted by atomic mass is 10.1. The van der Waals surface area contributed by atoms with Crippen molar-refractivity contribution in [1.82, 2.24) is 0 Å². The molecule has 5 heteroatoms. The Morgan fingerprint density at radius 1 is 1.22 bits per heavy atom. The van der Waals surface area contributed by atoms with Gasteiger partial charge in [0.2, 0.25) is 0 Å². The number of aliphatic hydroxyl groups excluding tert-OH is 1. The zero-order valence-corrected chi connectivity index (χ0v) is 10.3. The van der Waals surface area contributed by atoms with Gasteiger partial charge >= 0.3 is 0 Å². The standard InChI is InChI=1S/C13H13ClO4/c14-13-6-5-11(18-13)9(7-15)8-17-12-4-2-1-3-10(12)16/h1-6,9,15-16H,7-8H2. The number of hydrogen-bond acceptors (Lipinski definition) is 4. The summed E-state index contributed by atoms with van der Waals surface area (Å²) in [5.74, 6) is 0.662. The third kappa shape index (κ3) is 2.97. The summed E-state index contributed by atoms with van der Waals surface area (Å²) in [4.78, 5) is 0. The molecule has 0 saturated carbocycles. The van der Waals surface area contributed by atoms with E-state index < -0.39 is 0 Å². The Morgan fingerprint density at radius 3 is 2.61 bits per heavy atom. The fourth-order valence-electron chi connectivity index (χ4n) is 1.54. The van der Waals surface area contributed by atoms with Gasteiger partial charge in [0.25, 0.3) is 0 Å². The molecule has 1 aromatic carbocycles. The van der Waals surface area contributed by atoms with E-state index in [9.17, 15) is 10.2 Å². The van der Waals surface area contributed by atoms with Crippen LogP contribution in [0.15, 0.2) is 40.8 Å². The highest BCUT2D eigenvalue weighted by atomic mass is 35.5. The third-order valence-electron chi connectivity index (χ3n) is 2.52. The first kappa shape index (κ1) is 12.8. The van der Waals surface area contributed by atoms with Crippen molar-refractivity contribution < 1.29 is 19.4 Å². The van der Waals surface area contributed by atoms with Crippen LogP contribution in [-0.2, 0) is 0 Å². The maximum absolute atomic E-state index is 9.54. The molecular formula is C13H13ClO4. The molecule has 96 valence electrons. The molecule has 4 nitrogen and oxygen atoms in total. The van der Waals surface area contributed by atoms with Crippen LogP contribution in [0.2, 0.25) is 5.22 Å². The Balaban J connectivity index is 2.02. The lowest BCUT2D eigenvalue weighted by Crippen LogP contribution is -2.13. The van der Waals surface area contributed by atoms with Gasteiger partial charge in [-0.1, -0.05) is 12.1 Å². The monoisotopic (exact) mass is 268 g/mol. The summed E-state index contributed by atoms with van der Waals surface area (Å²) in [5, 5.41) is 19.1. The first-order valence-electron chi connectivity index (χ1n) is 5.47. The Bertz CT molecular complexity index is 509. The molecular weight excluding hydrogens is 256 g/mol. The zero-order chi connectivity index (χ0) is 13.0. The van der Waals surface area contributed by atoms with E-state index in [0.717, 1.165) is 0 Å². The van der Waals surface area contributed by atoms with Gasteiger partial charge in [-0.15, -0.1) is 0 Å². The minimum Gasteiger partial charge on any atom is -0.504 e. The first-order valence-corrected chi connectivity index (χ1v) is 5.85. The quantitative estimate of drug-likeness (QED) is 0.875. The van der Waals surface area contributed by atoms with E-state index in [1.165, 1.54) is 6.07 Å². The van der Waals surface area contributed by atoms with E-state index in [1.54, 1.807) is 30.3 Å². The average Bonchev–Trinajstić information content (AvgIpc) is 2.79. The van der Waals surface area contributed by atoms with Crippen LogP contribution in [0.25, 0.3) is 0 Å². The first-order chi connectivity index (χ1) is 8.70. The summed E-state index contributed by atoms with van der Waals surface area (Å²) in [6.45, 7) is 0.0648. The number of phenols is 1.